The van der Waals surface area contributed by atoms with Crippen LogP contribution in [0.2, 0.25) is 0 Å². The van der Waals surface area contributed by atoms with Crippen LogP contribution in [0.4, 0.5) is 0 Å². The van der Waals surface area contributed by atoms with Crippen LogP contribution >= 0.6 is 8.48 Å². The first-order valence-electron chi connectivity index (χ1n) is 4.04. The zero-order valence-electron chi connectivity index (χ0n) is 8.11. The summed E-state index contributed by atoms with van der Waals surface area (Å²) in [7, 11) is -2.06. The van der Waals surface area contributed by atoms with Crippen LogP contribution in [0.25, 0.3) is 0 Å². The van der Waals surface area contributed by atoms with Gasteiger partial charge in [0.05, 0.1) is 0 Å². The molecule has 0 aromatic rings. The number of hydrogen-bond acceptors (Lipinski definition) is 1. The van der Waals surface area contributed by atoms with Crippen LogP contribution in [0.3, 0.4) is 0 Å². The molecule has 0 heterocycles. The Bertz CT molecular complexity index is 117. The largest absolute Gasteiger partial charge is 0.308 e. The van der Waals surface area contributed by atoms with Gasteiger partial charge < -0.3 is 5.14 Å². The summed E-state index contributed by atoms with van der Waals surface area (Å²) in [5.41, 5.74) is 0. The van der Waals surface area contributed by atoms with Gasteiger partial charge in [0, 0.05) is 0 Å². The lowest BCUT2D eigenvalue weighted by Gasteiger charge is -2.71. The van der Waals surface area contributed by atoms with E-state index in [1.165, 1.54) is 0 Å². The summed E-state index contributed by atoms with van der Waals surface area (Å²) < 4.78 is 0. The van der Waals surface area contributed by atoms with E-state index < -0.39 is 8.48 Å². The molecule has 0 bridgehead atoms. The third-order valence-electron chi connectivity index (χ3n) is 3.46. The smallest absolute Gasteiger partial charge is 0.0275 e. The summed E-state index contributed by atoms with van der Waals surface area (Å²) in [6, 6.07) is 0. The highest BCUT2D eigenvalue weighted by atomic mass is 32.4. The molecule has 0 spiro atoms. The molecular weight excluding hydrogens is 142 g/mol. The first-order chi connectivity index (χ1) is 4.21. The molecule has 66 valence electrons. The van der Waals surface area contributed by atoms with Gasteiger partial charge in [-0.05, 0) is 29.8 Å². The van der Waals surface area contributed by atoms with Crippen molar-refractivity contribution in [1.29, 1.82) is 0 Å². The van der Waals surface area contributed by atoms with E-state index in [2.05, 4.69) is 33.3 Å². The van der Waals surface area contributed by atoms with Crippen LogP contribution in [0.15, 0.2) is 0 Å². The van der Waals surface area contributed by atoms with Gasteiger partial charge in [-0.3, -0.25) is 0 Å². The fraction of sp³-hybridized carbons (Fsp3) is 1.00. The predicted octanol–water partition coefficient (Wildman–Crippen LogP) is 2.06. The Morgan fingerprint density at radius 2 is 1.10 bits per heavy atom. The van der Waals surface area contributed by atoms with E-state index >= 15 is 0 Å². The van der Waals surface area contributed by atoms with Crippen molar-refractivity contribution >= 4 is 8.48 Å². The fourth-order valence-corrected chi connectivity index (χ4v) is 1.84. The molecule has 0 aliphatic rings. The van der Waals surface area contributed by atoms with E-state index in [0.29, 0.717) is 0 Å². The summed E-state index contributed by atoms with van der Waals surface area (Å²) in [6.45, 7) is 6.65. The van der Waals surface area contributed by atoms with Crippen LogP contribution in [0.1, 0.15) is 20.8 Å². The average molecular weight is 165 g/mol. The molecule has 1 nitrogen and oxygen atoms in total. The molecular formula is C8H23NS. The normalized spacial score (nSPS) is 19.8. The SMILES string of the molecule is CCS(C)(C)(N)(CC)CC. The highest BCUT2D eigenvalue weighted by Gasteiger charge is 2.42. The van der Waals surface area contributed by atoms with Crippen molar-refractivity contribution in [2.45, 2.75) is 20.8 Å². The molecule has 0 unspecified atom stereocenters. The maximum absolute atomic E-state index is 6.50. The molecule has 0 aliphatic heterocycles. The van der Waals surface area contributed by atoms with Gasteiger partial charge in [0.2, 0.25) is 0 Å². The van der Waals surface area contributed by atoms with Crippen molar-refractivity contribution in [2.75, 3.05) is 29.8 Å². The second-order valence-corrected chi connectivity index (χ2v) is 13.8. The fourth-order valence-electron chi connectivity index (χ4n) is 0.612. The van der Waals surface area contributed by atoms with Crippen LogP contribution in [0, 0.1) is 0 Å². The second-order valence-electron chi connectivity index (χ2n) is 4.59. The van der Waals surface area contributed by atoms with Gasteiger partial charge in [0.15, 0.2) is 0 Å². The molecule has 0 rings (SSSR count). The second kappa shape index (κ2) is 1.92. The Morgan fingerprint density at radius 1 is 0.900 bits per heavy atom. The lowest BCUT2D eigenvalue weighted by molar-refractivity contribution is 1.23. The Labute approximate surface area is 64.8 Å². The third-order valence-corrected chi connectivity index (χ3v) is 10.4. The highest BCUT2D eigenvalue weighted by molar-refractivity contribution is 8.62. The molecule has 0 fully saturated rings. The average Bonchev–Trinajstić information content (AvgIpc) is 1.90. The molecule has 0 saturated heterocycles. The summed E-state index contributed by atoms with van der Waals surface area (Å²) >= 11 is 0. The molecule has 0 aliphatic carbocycles. The molecule has 0 radical (unpaired) electrons. The van der Waals surface area contributed by atoms with Crippen molar-refractivity contribution in [2.24, 2.45) is 5.14 Å². The summed E-state index contributed by atoms with van der Waals surface area (Å²) in [5, 5.41) is 6.50. The van der Waals surface area contributed by atoms with Gasteiger partial charge >= 0.3 is 0 Å². The van der Waals surface area contributed by atoms with Crippen LogP contribution in [0.5, 0.6) is 0 Å². The highest BCUT2D eigenvalue weighted by Crippen LogP contribution is 2.76. The molecule has 0 atom stereocenters. The van der Waals surface area contributed by atoms with Gasteiger partial charge in [-0.1, -0.05) is 20.8 Å². The molecule has 0 saturated carbocycles. The Morgan fingerprint density at radius 3 is 1.10 bits per heavy atom. The molecule has 0 aromatic carbocycles. The first kappa shape index (κ1) is 10.3. The summed E-state index contributed by atoms with van der Waals surface area (Å²) in [5.74, 6) is 3.44. The maximum atomic E-state index is 6.50. The Kier molecular flexibility index (Phi) is 1.98. The first-order valence-corrected chi connectivity index (χ1v) is 7.88. The Hall–Kier alpha value is 0.310. The molecule has 0 aromatic heterocycles. The molecule has 0 amide bonds. The minimum absolute atomic E-state index is 1.15. The van der Waals surface area contributed by atoms with E-state index in [1.807, 2.05) is 0 Å². The van der Waals surface area contributed by atoms with Crippen LogP contribution < -0.4 is 5.14 Å². The Balaban J connectivity index is 4.83. The lowest BCUT2D eigenvalue weighted by Crippen LogP contribution is -2.48. The van der Waals surface area contributed by atoms with Gasteiger partial charge in [-0.15, -0.1) is 0 Å². The number of rotatable bonds is 3. The number of hydrogen-bond donors (Lipinski definition) is 1. The van der Waals surface area contributed by atoms with E-state index in [-0.39, 0.29) is 0 Å². The zero-order chi connectivity index (χ0) is 8.53. The van der Waals surface area contributed by atoms with Crippen LogP contribution in [-0.4, -0.2) is 29.8 Å². The monoisotopic (exact) mass is 165 g/mol. The van der Waals surface area contributed by atoms with E-state index in [4.69, 9.17) is 5.14 Å². The van der Waals surface area contributed by atoms with Gasteiger partial charge in [-0.2, -0.15) is 0 Å². The van der Waals surface area contributed by atoms with E-state index in [0.717, 1.165) is 17.3 Å². The summed E-state index contributed by atoms with van der Waals surface area (Å²) in [6.07, 6.45) is 4.58. The zero-order valence-corrected chi connectivity index (χ0v) is 8.92. The van der Waals surface area contributed by atoms with E-state index in [1.54, 1.807) is 0 Å². The summed E-state index contributed by atoms with van der Waals surface area (Å²) in [4.78, 5) is 0. The standard InChI is InChI=1S/C8H23NS/c1-6-10(4,5,9,7-2)8-3/h6-9H2,1-5H3. The quantitative estimate of drug-likeness (QED) is 0.680. The van der Waals surface area contributed by atoms with Crippen molar-refractivity contribution in [3.8, 4) is 0 Å². The molecule has 2 heteroatoms. The molecule has 2 N–H and O–H groups in total. The van der Waals surface area contributed by atoms with Crippen molar-refractivity contribution < 1.29 is 0 Å². The third kappa shape index (κ3) is 1.89. The lowest BCUT2D eigenvalue weighted by atomic mass is 10.9. The van der Waals surface area contributed by atoms with Crippen molar-refractivity contribution in [1.82, 2.24) is 0 Å². The van der Waals surface area contributed by atoms with E-state index in [9.17, 15) is 0 Å². The topological polar surface area (TPSA) is 26.0 Å². The maximum Gasteiger partial charge on any atom is -0.0275 e. The molecule has 10 heavy (non-hydrogen) atoms. The van der Waals surface area contributed by atoms with Crippen molar-refractivity contribution in [3.63, 3.8) is 0 Å². The minimum atomic E-state index is -2.06. The van der Waals surface area contributed by atoms with Crippen molar-refractivity contribution in [3.05, 3.63) is 0 Å². The minimum Gasteiger partial charge on any atom is -0.308 e. The van der Waals surface area contributed by atoms with Gasteiger partial charge in [0.25, 0.3) is 0 Å². The predicted molar refractivity (Wildman–Crippen MR) is 55.2 cm³/mol. The van der Waals surface area contributed by atoms with Gasteiger partial charge in [-0.25, -0.2) is 8.48 Å². The number of nitrogens with two attached hydrogens (primary N) is 1. The van der Waals surface area contributed by atoms with Gasteiger partial charge in [0.1, 0.15) is 0 Å². The van der Waals surface area contributed by atoms with Crippen LogP contribution in [-0.2, 0) is 0 Å².